The molecule has 0 saturated carbocycles. The van der Waals surface area contributed by atoms with Crippen LogP contribution in [0.4, 0.5) is 15.8 Å². The maximum Gasteiger partial charge on any atom is 0.255 e. The standard InChI is InChI=1S/C23H23FN2O3/c1-28-21-12-7-17(15-22(21)29-2)23(27)26-19-10-8-18(9-11-19)25-14-13-16-5-3-4-6-20(16)24/h3-12,15,25H,13-14H2,1-2H3,(H,26,27). The van der Waals surface area contributed by atoms with Crippen LogP contribution in [0.5, 0.6) is 11.5 Å². The normalized spacial score (nSPS) is 10.3. The number of rotatable bonds is 8. The molecule has 0 aliphatic rings. The minimum atomic E-state index is -0.244. The van der Waals surface area contributed by atoms with Crippen LogP contribution in [0, 0.1) is 5.82 Å². The summed E-state index contributed by atoms with van der Waals surface area (Å²) >= 11 is 0. The number of ether oxygens (including phenoxy) is 2. The molecule has 3 aromatic rings. The zero-order valence-corrected chi connectivity index (χ0v) is 16.4. The number of methoxy groups -OCH3 is 2. The molecule has 0 spiro atoms. The minimum Gasteiger partial charge on any atom is -0.493 e. The molecule has 0 unspecified atom stereocenters. The number of amides is 1. The van der Waals surface area contributed by atoms with Gasteiger partial charge in [-0.2, -0.15) is 0 Å². The third-order valence-corrected chi connectivity index (χ3v) is 4.47. The number of benzene rings is 3. The van der Waals surface area contributed by atoms with Crippen LogP contribution in [0.25, 0.3) is 0 Å². The molecule has 0 aliphatic heterocycles. The zero-order chi connectivity index (χ0) is 20.6. The Morgan fingerprint density at radius 2 is 1.59 bits per heavy atom. The summed E-state index contributed by atoms with van der Waals surface area (Å²) < 4.78 is 24.1. The maximum absolute atomic E-state index is 13.6. The van der Waals surface area contributed by atoms with Gasteiger partial charge in [0.05, 0.1) is 14.2 Å². The summed E-state index contributed by atoms with van der Waals surface area (Å²) in [5.41, 5.74) is 2.71. The molecule has 0 saturated heterocycles. The van der Waals surface area contributed by atoms with Crippen LogP contribution in [0.2, 0.25) is 0 Å². The van der Waals surface area contributed by atoms with E-state index < -0.39 is 0 Å². The van der Waals surface area contributed by atoms with Crippen LogP contribution in [0.1, 0.15) is 15.9 Å². The fourth-order valence-electron chi connectivity index (χ4n) is 2.89. The maximum atomic E-state index is 13.6. The third-order valence-electron chi connectivity index (χ3n) is 4.47. The van der Waals surface area contributed by atoms with Crippen molar-refractivity contribution in [3.63, 3.8) is 0 Å². The van der Waals surface area contributed by atoms with Crippen LogP contribution in [0.15, 0.2) is 66.7 Å². The van der Waals surface area contributed by atoms with Gasteiger partial charge in [-0.15, -0.1) is 0 Å². The van der Waals surface area contributed by atoms with E-state index in [9.17, 15) is 9.18 Å². The van der Waals surface area contributed by atoms with Crippen molar-refractivity contribution in [2.24, 2.45) is 0 Å². The molecular formula is C23H23FN2O3. The zero-order valence-electron chi connectivity index (χ0n) is 16.4. The SMILES string of the molecule is COc1ccc(C(=O)Nc2ccc(NCCc3ccccc3F)cc2)cc1OC. The van der Waals surface area contributed by atoms with Gasteiger partial charge >= 0.3 is 0 Å². The lowest BCUT2D eigenvalue weighted by atomic mass is 10.1. The number of halogens is 1. The highest BCUT2D eigenvalue weighted by Gasteiger charge is 2.11. The predicted octanol–water partition coefficient (Wildman–Crippen LogP) is 4.75. The van der Waals surface area contributed by atoms with Crippen molar-refractivity contribution in [3.8, 4) is 11.5 Å². The fraction of sp³-hybridized carbons (Fsp3) is 0.174. The van der Waals surface area contributed by atoms with Crippen molar-refractivity contribution in [3.05, 3.63) is 83.7 Å². The van der Waals surface area contributed by atoms with Gasteiger partial charge in [-0.3, -0.25) is 4.79 Å². The largest absolute Gasteiger partial charge is 0.493 e. The number of hydrogen-bond donors (Lipinski definition) is 2. The summed E-state index contributed by atoms with van der Waals surface area (Å²) in [6, 6.07) is 19.1. The molecule has 0 aliphatic carbocycles. The van der Waals surface area contributed by atoms with E-state index in [0.29, 0.717) is 41.3 Å². The van der Waals surface area contributed by atoms with Gasteiger partial charge in [-0.05, 0) is 60.5 Å². The molecular weight excluding hydrogens is 371 g/mol. The van der Waals surface area contributed by atoms with Crippen molar-refractivity contribution in [1.29, 1.82) is 0 Å². The van der Waals surface area contributed by atoms with E-state index in [4.69, 9.17) is 9.47 Å². The second kappa shape index (κ2) is 9.59. The van der Waals surface area contributed by atoms with Gasteiger partial charge < -0.3 is 20.1 Å². The molecule has 1 amide bonds. The lowest BCUT2D eigenvalue weighted by molar-refractivity contribution is 0.102. The van der Waals surface area contributed by atoms with Gasteiger partial charge in [0.1, 0.15) is 5.82 Å². The molecule has 0 atom stereocenters. The van der Waals surface area contributed by atoms with E-state index in [1.54, 1.807) is 37.4 Å². The van der Waals surface area contributed by atoms with E-state index in [1.165, 1.54) is 13.2 Å². The van der Waals surface area contributed by atoms with Crippen LogP contribution in [0.3, 0.4) is 0 Å². The van der Waals surface area contributed by atoms with Crippen molar-refractivity contribution in [1.82, 2.24) is 0 Å². The van der Waals surface area contributed by atoms with E-state index >= 15 is 0 Å². The molecule has 6 heteroatoms. The van der Waals surface area contributed by atoms with Crippen molar-refractivity contribution >= 4 is 17.3 Å². The third kappa shape index (κ3) is 5.25. The second-order valence-electron chi connectivity index (χ2n) is 6.37. The van der Waals surface area contributed by atoms with E-state index in [-0.39, 0.29) is 11.7 Å². The van der Waals surface area contributed by atoms with Crippen molar-refractivity contribution in [2.45, 2.75) is 6.42 Å². The molecule has 0 aromatic heterocycles. The van der Waals surface area contributed by atoms with Gasteiger partial charge in [0.2, 0.25) is 0 Å². The predicted molar refractivity (Wildman–Crippen MR) is 113 cm³/mol. The highest BCUT2D eigenvalue weighted by molar-refractivity contribution is 6.04. The Kier molecular flexibility index (Phi) is 6.68. The van der Waals surface area contributed by atoms with Crippen LogP contribution >= 0.6 is 0 Å². The lowest BCUT2D eigenvalue weighted by Gasteiger charge is -2.11. The van der Waals surface area contributed by atoms with Gasteiger partial charge in [0, 0.05) is 23.5 Å². The molecule has 0 heterocycles. The molecule has 0 radical (unpaired) electrons. The Bertz CT molecular complexity index is 974. The smallest absolute Gasteiger partial charge is 0.255 e. The van der Waals surface area contributed by atoms with Gasteiger partial charge in [-0.25, -0.2) is 4.39 Å². The van der Waals surface area contributed by atoms with Crippen LogP contribution in [-0.2, 0) is 6.42 Å². The summed E-state index contributed by atoms with van der Waals surface area (Å²) in [7, 11) is 3.07. The summed E-state index contributed by atoms with van der Waals surface area (Å²) in [4.78, 5) is 12.5. The number of hydrogen-bond acceptors (Lipinski definition) is 4. The topological polar surface area (TPSA) is 59.6 Å². The molecule has 150 valence electrons. The van der Waals surface area contributed by atoms with E-state index in [1.807, 2.05) is 30.3 Å². The first-order valence-electron chi connectivity index (χ1n) is 9.21. The van der Waals surface area contributed by atoms with Crippen molar-refractivity contribution in [2.75, 3.05) is 31.4 Å². The summed E-state index contributed by atoms with van der Waals surface area (Å²) in [6.07, 6.45) is 0.588. The first-order valence-corrected chi connectivity index (χ1v) is 9.21. The molecule has 5 nitrogen and oxygen atoms in total. The van der Waals surface area contributed by atoms with Crippen LogP contribution in [-0.4, -0.2) is 26.7 Å². The Labute approximate surface area is 169 Å². The highest BCUT2D eigenvalue weighted by Crippen LogP contribution is 2.28. The molecule has 29 heavy (non-hydrogen) atoms. The highest BCUT2D eigenvalue weighted by atomic mass is 19.1. The first kappa shape index (κ1) is 20.2. The summed E-state index contributed by atoms with van der Waals surface area (Å²) in [6.45, 7) is 0.609. The first-order chi connectivity index (χ1) is 14.1. The molecule has 2 N–H and O–H groups in total. The molecule has 3 aromatic carbocycles. The Hall–Kier alpha value is -3.54. The minimum absolute atomic E-state index is 0.192. The average Bonchev–Trinajstić information content (AvgIpc) is 2.75. The van der Waals surface area contributed by atoms with Gasteiger partial charge in [0.15, 0.2) is 11.5 Å². The van der Waals surface area contributed by atoms with Crippen molar-refractivity contribution < 1.29 is 18.7 Å². The molecule has 0 fully saturated rings. The van der Waals surface area contributed by atoms with E-state index in [2.05, 4.69) is 10.6 Å². The monoisotopic (exact) mass is 394 g/mol. The van der Waals surface area contributed by atoms with Crippen LogP contribution < -0.4 is 20.1 Å². The Balaban J connectivity index is 1.56. The number of carbonyl (C=O) groups excluding carboxylic acids is 1. The summed E-state index contributed by atoms with van der Waals surface area (Å²) in [5, 5.41) is 6.10. The molecule has 0 bridgehead atoms. The Morgan fingerprint density at radius 1 is 0.897 bits per heavy atom. The van der Waals surface area contributed by atoms with Gasteiger partial charge in [-0.1, -0.05) is 18.2 Å². The number of carbonyl (C=O) groups is 1. The fourth-order valence-corrected chi connectivity index (χ4v) is 2.89. The Morgan fingerprint density at radius 3 is 2.28 bits per heavy atom. The number of nitrogens with one attached hydrogen (secondary N) is 2. The number of anilines is 2. The second-order valence-corrected chi connectivity index (χ2v) is 6.37. The van der Waals surface area contributed by atoms with Gasteiger partial charge in [0.25, 0.3) is 5.91 Å². The lowest BCUT2D eigenvalue weighted by Crippen LogP contribution is -2.12. The average molecular weight is 394 g/mol. The quantitative estimate of drug-likeness (QED) is 0.579. The molecule has 3 rings (SSSR count). The van der Waals surface area contributed by atoms with E-state index in [0.717, 1.165) is 5.69 Å². The summed E-state index contributed by atoms with van der Waals surface area (Å²) in [5.74, 6) is 0.623.